The molecule has 24 heavy (non-hydrogen) atoms. The number of nitriles is 2. The molecule has 0 aliphatic heterocycles. The average Bonchev–Trinajstić information content (AvgIpc) is 2.54. The van der Waals surface area contributed by atoms with E-state index in [2.05, 4.69) is 15.9 Å². The molecule has 0 saturated heterocycles. The Balaban J connectivity index is 0.000000240. The van der Waals surface area contributed by atoms with E-state index in [0.717, 1.165) is 24.3 Å². The van der Waals surface area contributed by atoms with Gasteiger partial charge in [0.2, 0.25) is 0 Å². The Kier molecular flexibility index (Phi) is 7.37. The van der Waals surface area contributed by atoms with Crippen molar-refractivity contribution in [3.63, 3.8) is 0 Å². The molecular weight excluding hydrogens is 392 g/mol. The van der Waals surface area contributed by atoms with Gasteiger partial charge in [-0.2, -0.15) is 10.5 Å². The monoisotopic (exact) mass is 400 g/mol. The normalized spacial score (nSPS) is 9.50. The zero-order valence-electron chi connectivity index (χ0n) is 12.0. The summed E-state index contributed by atoms with van der Waals surface area (Å²) < 4.78 is 51.1. The Morgan fingerprint density at radius 3 is 1.38 bits per heavy atom. The molecule has 124 valence electrons. The summed E-state index contributed by atoms with van der Waals surface area (Å²) in [6.45, 7) is -0.445. The van der Waals surface area contributed by atoms with Gasteiger partial charge in [-0.1, -0.05) is 15.9 Å². The Morgan fingerprint density at radius 1 is 0.792 bits per heavy atom. The van der Waals surface area contributed by atoms with Crippen molar-refractivity contribution in [1.82, 2.24) is 0 Å². The largest absolute Gasteiger partial charge is 0.392 e. The van der Waals surface area contributed by atoms with Crippen LogP contribution in [0.15, 0.2) is 24.3 Å². The van der Waals surface area contributed by atoms with E-state index in [-0.39, 0.29) is 5.56 Å². The molecule has 1 N–H and O–H groups in total. The molecule has 3 nitrogen and oxygen atoms in total. The van der Waals surface area contributed by atoms with Crippen LogP contribution in [-0.2, 0) is 11.9 Å². The van der Waals surface area contributed by atoms with E-state index >= 15 is 0 Å². The molecule has 0 aliphatic rings. The van der Waals surface area contributed by atoms with Crippen molar-refractivity contribution in [2.24, 2.45) is 0 Å². The van der Waals surface area contributed by atoms with Crippen LogP contribution in [0.1, 0.15) is 22.3 Å². The number of halogens is 5. The number of benzene rings is 2. The van der Waals surface area contributed by atoms with Gasteiger partial charge in [0.05, 0.1) is 6.61 Å². The number of rotatable bonds is 2. The Morgan fingerprint density at radius 2 is 1.12 bits per heavy atom. The molecule has 2 aromatic rings. The van der Waals surface area contributed by atoms with Gasteiger partial charge < -0.3 is 5.11 Å². The molecule has 0 saturated carbocycles. The van der Waals surface area contributed by atoms with E-state index in [1.807, 2.05) is 0 Å². The number of hydrogen-bond acceptors (Lipinski definition) is 3. The number of alkyl halides is 1. The van der Waals surface area contributed by atoms with Gasteiger partial charge in [0.15, 0.2) is 0 Å². The highest BCUT2D eigenvalue weighted by atomic mass is 79.9. The lowest BCUT2D eigenvalue weighted by Gasteiger charge is -1.98. The maximum atomic E-state index is 12.8. The van der Waals surface area contributed by atoms with E-state index in [4.69, 9.17) is 15.6 Å². The molecule has 2 aromatic carbocycles. The molecule has 0 atom stereocenters. The van der Waals surface area contributed by atoms with Gasteiger partial charge in [-0.25, -0.2) is 17.6 Å². The minimum absolute atomic E-state index is 0.115. The second-order valence-corrected chi connectivity index (χ2v) is 4.95. The highest BCUT2D eigenvalue weighted by molar-refractivity contribution is 9.08. The van der Waals surface area contributed by atoms with E-state index in [1.165, 1.54) is 12.1 Å². The molecule has 0 radical (unpaired) electrons. The minimum Gasteiger partial charge on any atom is -0.392 e. The van der Waals surface area contributed by atoms with Crippen molar-refractivity contribution >= 4 is 15.9 Å². The maximum Gasteiger partial charge on any atom is 0.144 e. The van der Waals surface area contributed by atoms with Crippen LogP contribution in [0.5, 0.6) is 0 Å². The maximum absolute atomic E-state index is 12.8. The van der Waals surface area contributed by atoms with Crippen LogP contribution < -0.4 is 0 Å². The summed E-state index contributed by atoms with van der Waals surface area (Å²) in [4.78, 5) is 0. The number of hydrogen-bond donors (Lipinski definition) is 1. The first-order valence-electron chi connectivity index (χ1n) is 6.30. The Labute approximate surface area is 143 Å². The number of aliphatic hydroxyl groups is 1. The molecule has 0 aliphatic carbocycles. The van der Waals surface area contributed by atoms with E-state index in [0.29, 0.717) is 10.9 Å². The van der Waals surface area contributed by atoms with E-state index in [9.17, 15) is 17.6 Å². The molecule has 0 fully saturated rings. The summed E-state index contributed by atoms with van der Waals surface area (Å²) in [5.74, 6) is -3.51. The first kappa shape index (κ1) is 19.6. The van der Waals surface area contributed by atoms with Crippen molar-refractivity contribution in [3.8, 4) is 12.1 Å². The SMILES string of the molecule is N#Cc1c(F)cc(CBr)cc1F.N#Cc1c(F)cc(CO)cc1F. The fraction of sp³-hybridized carbons (Fsp3) is 0.125. The standard InChI is InChI=1S/C8H4BrF2N.C8H5F2NO/c9-3-5-1-7(10)6(4-12)8(11)2-5;9-7-1-5(4-12)2-8(10)6(7)3-11/h1-2H,3H2;1-2,12H,4H2. The molecule has 0 unspecified atom stereocenters. The third-order valence-corrected chi connectivity index (χ3v) is 3.41. The lowest BCUT2D eigenvalue weighted by atomic mass is 10.1. The van der Waals surface area contributed by atoms with E-state index in [1.54, 1.807) is 0 Å². The van der Waals surface area contributed by atoms with Crippen molar-refractivity contribution in [2.75, 3.05) is 0 Å². The van der Waals surface area contributed by atoms with Crippen LogP contribution in [0.2, 0.25) is 0 Å². The number of nitrogens with zero attached hydrogens (tertiary/aromatic N) is 2. The van der Waals surface area contributed by atoms with Gasteiger partial charge in [-0.15, -0.1) is 0 Å². The molecule has 8 heteroatoms. The van der Waals surface area contributed by atoms with Gasteiger partial charge in [0, 0.05) is 5.33 Å². The predicted octanol–water partition coefficient (Wildman–Crippen LogP) is 4.06. The van der Waals surface area contributed by atoms with Gasteiger partial charge >= 0.3 is 0 Å². The van der Waals surface area contributed by atoms with Crippen LogP contribution in [0.3, 0.4) is 0 Å². The first-order chi connectivity index (χ1) is 11.4. The number of aliphatic hydroxyl groups excluding tert-OH is 1. The highest BCUT2D eigenvalue weighted by Crippen LogP contribution is 2.16. The third-order valence-electron chi connectivity index (χ3n) is 2.76. The predicted molar refractivity (Wildman–Crippen MR) is 80.7 cm³/mol. The molecule has 2 rings (SSSR count). The molecule has 0 aromatic heterocycles. The molecule has 0 heterocycles. The first-order valence-corrected chi connectivity index (χ1v) is 7.42. The lowest BCUT2D eigenvalue weighted by Crippen LogP contribution is -1.94. The quantitative estimate of drug-likeness (QED) is 0.610. The summed E-state index contributed by atoms with van der Waals surface area (Å²) in [5.41, 5.74) is -0.556. The zero-order chi connectivity index (χ0) is 18.3. The Bertz CT molecular complexity index is 712. The van der Waals surface area contributed by atoms with Crippen LogP contribution in [-0.4, -0.2) is 5.11 Å². The molecule has 0 bridgehead atoms. The van der Waals surface area contributed by atoms with Crippen LogP contribution in [0.25, 0.3) is 0 Å². The fourth-order valence-electron chi connectivity index (χ4n) is 1.63. The van der Waals surface area contributed by atoms with Crippen molar-refractivity contribution < 1.29 is 22.7 Å². The zero-order valence-corrected chi connectivity index (χ0v) is 13.5. The molecular formula is C16H9BrF4N2O. The van der Waals surface area contributed by atoms with Gasteiger partial charge in [-0.3, -0.25) is 0 Å². The molecule has 0 amide bonds. The van der Waals surface area contributed by atoms with Crippen LogP contribution in [0, 0.1) is 45.9 Å². The summed E-state index contributed by atoms with van der Waals surface area (Å²) >= 11 is 3.06. The van der Waals surface area contributed by atoms with Crippen LogP contribution >= 0.6 is 15.9 Å². The van der Waals surface area contributed by atoms with Gasteiger partial charge in [0.1, 0.15) is 46.5 Å². The summed E-state index contributed by atoms with van der Waals surface area (Å²) in [6.07, 6.45) is 0. The second kappa shape index (κ2) is 9.02. The minimum atomic E-state index is -0.943. The van der Waals surface area contributed by atoms with Crippen molar-refractivity contribution in [1.29, 1.82) is 10.5 Å². The van der Waals surface area contributed by atoms with Crippen LogP contribution in [0.4, 0.5) is 17.6 Å². The third kappa shape index (κ3) is 4.79. The van der Waals surface area contributed by atoms with Gasteiger partial charge in [0.25, 0.3) is 0 Å². The lowest BCUT2D eigenvalue weighted by molar-refractivity contribution is 0.280. The van der Waals surface area contributed by atoms with Gasteiger partial charge in [-0.05, 0) is 35.4 Å². The summed E-state index contributed by atoms with van der Waals surface area (Å²) in [5, 5.41) is 25.5. The van der Waals surface area contributed by atoms with Crippen molar-refractivity contribution in [2.45, 2.75) is 11.9 Å². The topological polar surface area (TPSA) is 67.8 Å². The van der Waals surface area contributed by atoms with Crippen molar-refractivity contribution in [3.05, 3.63) is 69.8 Å². The summed E-state index contributed by atoms with van der Waals surface area (Å²) in [7, 11) is 0. The molecule has 0 spiro atoms. The second-order valence-electron chi connectivity index (χ2n) is 4.38. The average molecular weight is 401 g/mol. The highest BCUT2D eigenvalue weighted by Gasteiger charge is 2.10. The smallest absolute Gasteiger partial charge is 0.144 e. The Hall–Kier alpha value is -2.42. The fourth-order valence-corrected chi connectivity index (χ4v) is 1.96. The van der Waals surface area contributed by atoms with E-state index < -0.39 is 41.0 Å². The summed E-state index contributed by atoms with van der Waals surface area (Å²) in [6, 6.07) is 6.97.